The highest BCUT2D eigenvalue weighted by atomic mass is 16.5. The number of carbonyl (C=O) groups is 1. The number of aromatic amines is 1. The van der Waals surface area contributed by atoms with E-state index in [1.165, 1.54) is 0 Å². The Kier molecular flexibility index (Phi) is 4.37. The zero-order valence-electron chi connectivity index (χ0n) is 14.2. The summed E-state index contributed by atoms with van der Waals surface area (Å²) in [5.74, 6) is 0.401. The third-order valence-electron chi connectivity index (χ3n) is 4.06. The van der Waals surface area contributed by atoms with Gasteiger partial charge >= 0.3 is 5.97 Å². The van der Waals surface area contributed by atoms with Crippen LogP contribution in [0.1, 0.15) is 10.5 Å². The van der Waals surface area contributed by atoms with Crippen molar-refractivity contribution in [2.24, 2.45) is 0 Å². The molecule has 0 radical (unpaired) electrons. The fourth-order valence-corrected chi connectivity index (χ4v) is 2.77. The summed E-state index contributed by atoms with van der Waals surface area (Å²) in [5, 5.41) is 19.1. The molecule has 0 saturated carbocycles. The van der Waals surface area contributed by atoms with Crippen molar-refractivity contribution >= 4 is 5.97 Å². The summed E-state index contributed by atoms with van der Waals surface area (Å²) in [5.41, 5.74) is 2.88. The molecule has 132 valence electrons. The van der Waals surface area contributed by atoms with Gasteiger partial charge in [0.2, 0.25) is 0 Å². The van der Waals surface area contributed by atoms with Gasteiger partial charge in [-0.25, -0.2) is 4.79 Å². The zero-order chi connectivity index (χ0) is 18.6. The van der Waals surface area contributed by atoms with Crippen molar-refractivity contribution in [1.29, 1.82) is 0 Å². The molecular formula is C21H15N3O3. The molecule has 27 heavy (non-hydrogen) atoms. The Labute approximate surface area is 155 Å². The Morgan fingerprint density at radius 1 is 0.778 bits per heavy atom. The number of benzene rings is 3. The first-order valence-corrected chi connectivity index (χ1v) is 8.28. The number of para-hydroxylation sites is 1. The molecule has 0 aliphatic heterocycles. The van der Waals surface area contributed by atoms with Gasteiger partial charge in [0.05, 0.1) is 0 Å². The van der Waals surface area contributed by atoms with Gasteiger partial charge in [-0.05, 0) is 35.4 Å². The third kappa shape index (κ3) is 3.55. The normalized spacial score (nSPS) is 10.5. The van der Waals surface area contributed by atoms with Crippen molar-refractivity contribution in [1.82, 2.24) is 15.4 Å². The summed E-state index contributed by atoms with van der Waals surface area (Å²) in [4.78, 5) is 11.2. The van der Waals surface area contributed by atoms with Crippen LogP contribution in [0.2, 0.25) is 0 Å². The number of rotatable bonds is 5. The van der Waals surface area contributed by atoms with E-state index in [0.717, 1.165) is 22.6 Å². The van der Waals surface area contributed by atoms with Crippen LogP contribution >= 0.6 is 0 Å². The van der Waals surface area contributed by atoms with Crippen molar-refractivity contribution < 1.29 is 14.6 Å². The molecule has 0 aliphatic carbocycles. The quantitative estimate of drug-likeness (QED) is 0.544. The number of aromatic carboxylic acids is 1. The largest absolute Gasteiger partial charge is 0.476 e. The van der Waals surface area contributed by atoms with E-state index in [0.29, 0.717) is 11.3 Å². The lowest BCUT2D eigenvalue weighted by Crippen LogP contribution is -1.99. The summed E-state index contributed by atoms with van der Waals surface area (Å²) in [6.45, 7) is 0. The van der Waals surface area contributed by atoms with Crippen LogP contribution in [0.15, 0.2) is 78.9 Å². The summed E-state index contributed by atoms with van der Waals surface area (Å²) < 4.78 is 5.88. The van der Waals surface area contributed by atoms with Crippen molar-refractivity contribution in [3.8, 4) is 33.9 Å². The van der Waals surface area contributed by atoms with Crippen LogP contribution in [-0.2, 0) is 0 Å². The zero-order valence-corrected chi connectivity index (χ0v) is 14.2. The lowest BCUT2D eigenvalue weighted by atomic mass is 10.0. The monoisotopic (exact) mass is 357 g/mol. The number of nitrogens with one attached hydrogen (secondary N) is 1. The summed E-state index contributed by atoms with van der Waals surface area (Å²) in [6.07, 6.45) is 0. The number of H-pyrrole nitrogens is 1. The smallest absolute Gasteiger partial charge is 0.358 e. The van der Waals surface area contributed by atoms with Gasteiger partial charge in [-0.15, -0.1) is 5.10 Å². The molecule has 1 heterocycles. The van der Waals surface area contributed by atoms with Crippen LogP contribution in [0.3, 0.4) is 0 Å². The van der Waals surface area contributed by atoms with Gasteiger partial charge in [0.15, 0.2) is 5.69 Å². The second-order valence-corrected chi connectivity index (χ2v) is 5.85. The molecule has 4 rings (SSSR count). The van der Waals surface area contributed by atoms with Crippen LogP contribution in [0.4, 0.5) is 0 Å². The molecule has 6 heteroatoms. The number of carboxylic acids is 1. The molecule has 0 spiro atoms. The molecule has 0 bridgehead atoms. The topological polar surface area (TPSA) is 88.1 Å². The van der Waals surface area contributed by atoms with Gasteiger partial charge < -0.3 is 9.84 Å². The second-order valence-electron chi connectivity index (χ2n) is 5.85. The molecule has 0 unspecified atom stereocenters. The van der Waals surface area contributed by atoms with E-state index < -0.39 is 5.97 Å². The van der Waals surface area contributed by atoms with Gasteiger partial charge in [0.25, 0.3) is 0 Å². The van der Waals surface area contributed by atoms with Crippen molar-refractivity contribution in [3.05, 3.63) is 84.6 Å². The molecule has 6 nitrogen and oxygen atoms in total. The van der Waals surface area contributed by atoms with E-state index >= 15 is 0 Å². The Bertz CT molecular complexity index is 1070. The minimum atomic E-state index is -1.12. The van der Waals surface area contributed by atoms with E-state index in [1.54, 1.807) is 0 Å². The van der Waals surface area contributed by atoms with Crippen molar-refractivity contribution in [3.63, 3.8) is 0 Å². The van der Waals surface area contributed by atoms with E-state index in [9.17, 15) is 4.79 Å². The maximum atomic E-state index is 11.2. The van der Waals surface area contributed by atoms with Gasteiger partial charge in [0.1, 0.15) is 17.2 Å². The molecular weight excluding hydrogens is 342 g/mol. The number of ether oxygens (including phenoxy) is 1. The highest BCUT2D eigenvalue weighted by Gasteiger charge is 2.16. The average molecular weight is 357 g/mol. The second kappa shape index (κ2) is 7.13. The SMILES string of the molecule is O=C(O)c1n[nH]nc1-c1ccc(-c2cccc(Oc3ccccc3)c2)cc1. The Hall–Kier alpha value is -3.93. The predicted molar refractivity (Wildman–Crippen MR) is 101 cm³/mol. The van der Waals surface area contributed by atoms with Gasteiger partial charge in [0, 0.05) is 5.56 Å². The highest BCUT2D eigenvalue weighted by Crippen LogP contribution is 2.29. The van der Waals surface area contributed by atoms with E-state index in [4.69, 9.17) is 9.84 Å². The van der Waals surface area contributed by atoms with Crippen LogP contribution in [0.5, 0.6) is 11.5 Å². The lowest BCUT2D eigenvalue weighted by Gasteiger charge is -2.08. The minimum absolute atomic E-state index is 0.0963. The molecule has 4 aromatic rings. The first kappa shape index (κ1) is 16.5. The predicted octanol–water partition coefficient (Wildman–Crippen LogP) is 4.63. The van der Waals surface area contributed by atoms with E-state index in [1.807, 2.05) is 78.9 Å². The molecule has 0 saturated heterocycles. The first-order valence-electron chi connectivity index (χ1n) is 8.28. The summed E-state index contributed by atoms with van der Waals surface area (Å²) in [7, 11) is 0. The number of hydrogen-bond donors (Lipinski definition) is 2. The van der Waals surface area contributed by atoms with Gasteiger partial charge in [-0.1, -0.05) is 54.6 Å². The molecule has 1 aromatic heterocycles. The Morgan fingerprint density at radius 2 is 1.48 bits per heavy atom. The Morgan fingerprint density at radius 3 is 2.22 bits per heavy atom. The fourth-order valence-electron chi connectivity index (χ4n) is 2.77. The van der Waals surface area contributed by atoms with Crippen LogP contribution < -0.4 is 4.74 Å². The van der Waals surface area contributed by atoms with Crippen LogP contribution in [0.25, 0.3) is 22.4 Å². The number of carboxylic acid groups (broad SMARTS) is 1. The van der Waals surface area contributed by atoms with Gasteiger partial charge in [-0.2, -0.15) is 10.3 Å². The highest BCUT2D eigenvalue weighted by molar-refractivity contribution is 5.92. The number of nitrogens with zero attached hydrogens (tertiary/aromatic N) is 2. The van der Waals surface area contributed by atoms with Crippen molar-refractivity contribution in [2.45, 2.75) is 0 Å². The standard InChI is InChI=1S/C21H15N3O3/c25-21(26)20-19(22-24-23-20)15-11-9-14(10-12-15)16-5-4-8-18(13-16)27-17-6-2-1-3-7-17/h1-13H,(H,25,26)(H,22,23,24). The van der Waals surface area contributed by atoms with E-state index in [-0.39, 0.29) is 5.69 Å². The maximum absolute atomic E-state index is 11.2. The Balaban J connectivity index is 1.60. The van der Waals surface area contributed by atoms with Crippen LogP contribution in [0, 0.1) is 0 Å². The minimum Gasteiger partial charge on any atom is -0.476 e. The summed E-state index contributed by atoms with van der Waals surface area (Å²) in [6, 6.07) is 24.9. The van der Waals surface area contributed by atoms with Gasteiger partial charge in [-0.3, -0.25) is 0 Å². The van der Waals surface area contributed by atoms with E-state index in [2.05, 4.69) is 15.4 Å². The molecule has 0 atom stereocenters. The number of aromatic nitrogens is 3. The first-order chi connectivity index (χ1) is 13.2. The van der Waals surface area contributed by atoms with Crippen molar-refractivity contribution in [2.75, 3.05) is 0 Å². The molecule has 0 aliphatic rings. The maximum Gasteiger partial charge on any atom is 0.358 e. The molecule has 0 amide bonds. The lowest BCUT2D eigenvalue weighted by molar-refractivity contribution is 0.0691. The van der Waals surface area contributed by atoms with Crippen LogP contribution in [-0.4, -0.2) is 26.5 Å². The number of hydrogen-bond acceptors (Lipinski definition) is 4. The third-order valence-corrected chi connectivity index (χ3v) is 4.06. The molecule has 0 fully saturated rings. The molecule has 2 N–H and O–H groups in total. The fraction of sp³-hybridized carbons (Fsp3) is 0. The average Bonchev–Trinajstić information content (AvgIpc) is 3.19. The molecule has 3 aromatic carbocycles. The summed E-state index contributed by atoms with van der Waals surface area (Å²) >= 11 is 0.